The average molecular weight is 197 g/mol. The lowest BCUT2D eigenvalue weighted by Gasteiger charge is -1.99. The minimum Gasteiger partial charge on any atom is -0.331 e. The van der Waals surface area contributed by atoms with Crippen LogP contribution in [0.25, 0.3) is 11.0 Å². The molecule has 0 aliphatic carbocycles. The van der Waals surface area contributed by atoms with Gasteiger partial charge in [-0.3, -0.25) is 0 Å². The van der Waals surface area contributed by atoms with Crippen LogP contribution in [0.4, 0.5) is 0 Å². The lowest BCUT2D eigenvalue weighted by molar-refractivity contribution is 0.697. The molecule has 0 bridgehead atoms. The van der Waals surface area contributed by atoms with Gasteiger partial charge in [-0.05, 0) is 18.6 Å². The van der Waals surface area contributed by atoms with E-state index in [0.29, 0.717) is 0 Å². The third-order valence-corrected chi connectivity index (χ3v) is 1.99. The molecule has 0 amide bonds. The summed E-state index contributed by atoms with van der Waals surface area (Å²) >= 11 is 0. The van der Waals surface area contributed by atoms with Crippen LogP contribution in [-0.4, -0.2) is 9.55 Å². The normalized spacial score (nSPS) is 9.92. The van der Waals surface area contributed by atoms with Gasteiger partial charge in [-0.1, -0.05) is 19.1 Å². The van der Waals surface area contributed by atoms with Gasteiger partial charge in [0.25, 0.3) is 0 Å². The molecular weight excluding hydrogens is 184 g/mol. The summed E-state index contributed by atoms with van der Waals surface area (Å²) in [6.07, 6.45) is 3.06. The first kappa shape index (κ1) is 10.1. The molecule has 0 unspecified atom stereocenters. The fourth-order valence-corrected chi connectivity index (χ4v) is 1.43. The highest BCUT2D eigenvalue weighted by atomic mass is 35.5. The van der Waals surface area contributed by atoms with E-state index in [-0.39, 0.29) is 12.4 Å². The van der Waals surface area contributed by atoms with Gasteiger partial charge >= 0.3 is 0 Å². The van der Waals surface area contributed by atoms with Crippen molar-refractivity contribution in [3.05, 3.63) is 30.6 Å². The zero-order valence-electron chi connectivity index (χ0n) is 7.60. The van der Waals surface area contributed by atoms with Crippen LogP contribution < -0.4 is 0 Å². The third kappa shape index (κ3) is 1.83. The van der Waals surface area contributed by atoms with Gasteiger partial charge in [0.2, 0.25) is 0 Å². The molecule has 0 fully saturated rings. The molecule has 3 heteroatoms. The van der Waals surface area contributed by atoms with Crippen LogP contribution in [0.5, 0.6) is 0 Å². The van der Waals surface area contributed by atoms with Crippen molar-refractivity contribution in [2.75, 3.05) is 0 Å². The molecule has 1 heterocycles. The first-order chi connectivity index (χ1) is 5.92. The topological polar surface area (TPSA) is 17.8 Å². The fourth-order valence-electron chi connectivity index (χ4n) is 1.43. The second-order valence-corrected chi connectivity index (χ2v) is 2.93. The zero-order chi connectivity index (χ0) is 8.39. The second-order valence-electron chi connectivity index (χ2n) is 2.93. The van der Waals surface area contributed by atoms with Crippen molar-refractivity contribution in [2.24, 2.45) is 0 Å². The van der Waals surface area contributed by atoms with Crippen molar-refractivity contribution in [1.29, 1.82) is 0 Å². The fraction of sp³-hybridized carbons (Fsp3) is 0.300. The van der Waals surface area contributed by atoms with Crippen LogP contribution in [0.1, 0.15) is 13.3 Å². The standard InChI is InChI=1S/C10H12N2.ClH/c1-2-7-12-8-11-9-5-3-4-6-10(9)12;/h3-6,8H,2,7H2,1H3;1H. The number of aromatic nitrogens is 2. The van der Waals surface area contributed by atoms with Crippen molar-refractivity contribution in [2.45, 2.75) is 19.9 Å². The minimum atomic E-state index is 0. The van der Waals surface area contributed by atoms with E-state index in [0.717, 1.165) is 18.5 Å². The van der Waals surface area contributed by atoms with E-state index in [2.05, 4.69) is 28.6 Å². The molecule has 1 aromatic carbocycles. The molecule has 2 rings (SSSR count). The smallest absolute Gasteiger partial charge is 0.0958 e. The number of aryl methyl sites for hydroxylation is 1. The highest BCUT2D eigenvalue weighted by Crippen LogP contribution is 2.11. The Morgan fingerprint density at radius 1 is 1.31 bits per heavy atom. The first-order valence-corrected chi connectivity index (χ1v) is 4.31. The summed E-state index contributed by atoms with van der Waals surface area (Å²) < 4.78 is 2.19. The molecule has 0 saturated heterocycles. The van der Waals surface area contributed by atoms with Gasteiger partial charge in [-0.15, -0.1) is 12.4 Å². The average Bonchev–Trinajstić information content (AvgIpc) is 2.50. The molecule has 2 nitrogen and oxygen atoms in total. The molecule has 1 aromatic heterocycles. The third-order valence-electron chi connectivity index (χ3n) is 1.99. The van der Waals surface area contributed by atoms with Crippen molar-refractivity contribution >= 4 is 23.4 Å². The largest absolute Gasteiger partial charge is 0.331 e. The summed E-state index contributed by atoms with van der Waals surface area (Å²) in [6.45, 7) is 3.23. The molecule has 0 aliphatic rings. The number of fused-ring (bicyclic) bond motifs is 1. The Kier molecular flexibility index (Phi) is 3.32. The molecular formula is C10H13ClN2. The minimum absolute atomic E-state index is 0. The lowest BCUT2D eigenvalue weighted by atomic mass is 10.3. The summed E-state index contributed by atoms with van der Waals surface area (Å²) in [4.78, 5) is 4.30. The summed E-state index contributed by atoms with van der Waals surface area (Å²) in [5, 5.41) is 0. The highest BCUT2D eigenvalue weighted by molar-refractivity contribution is 5.85. The van der Waals surface area contributed by atoms with E-state index in [1.54, 1.807) is 0 Å². The van der Waals surface area contributed by atoms with Crippen molar-refractivity contribution in [3.63, 3.8) is 0 Å². The van der Waals surface area contributed by atoms with Gasteiger partial charge in [-0.25, -0.2) is 4.98 Å². The molecule has 0 saturated carbocycles. The van der Waals surface area contributed by atoms with Crippen molar-refractivity contribution < 1.29 is 0 Å². The van der Waals surface area contributed by atoms with Gasteiger partial charge in [0, 0.05) is 6.54 Å². The van der Waals surface area contributed by atoms with Gasteiger partial charge < -0.3 is 4.57 Å². The molecule has 0 spiro atoms. The number of rotatable bonds is 2. The number of hydrogen-bond acceptors (Lipinski definition) is 1. The predicted molar refractivity (Wildman–Crippen MR) is 57.3 cm³/mol. The zero-order valence-corrected chi connectivity index (χ0v) is 8.42. The Hall–Kier alpha value is -1.02. The second kappa shape index (κ2) is 4.28. The predicted octanol–water partition coefficient (Wildman–Crippen LogP) is 2.87. The highest BCUT2D eigenvalue weighted by Gasteiger charge is 1.98. The van der Waals surface area contributed by atoms with Crippen LogP contribution in [0.15, 0.2) is 30.6 Å². The number of benzene rings is 1. The molecule has 0 atom stereocenters. The Balaban J connectivity index is 0.000000845. The molecule has 0 N–H and O–H groups in total. The monoisotopic (exact) mass is 196 g/mol. The summed E-state index contributed by atoms with van der Waals surface area (Å²) in [6, 6.07) is 8.22. The molecule has 13 heavy (non-hydrogen) atoms. The Bertz CT molecular complexity index is 381. The number of halogens is 1. The maximum Gasteiger partial charge on any atom is 0.0958 e. The molecule has 0 radical (unpaired) electrons. The lowest BCUT2D eigenvalue weighted by Crippen LogP contribution is -1.92. The summed E-state index contributed by atoms with van der Waals surface area (Å²) in [7, 11) is 0. The Labute approximate surface area is 84.0 Å². The van der Waals surface area contributed by atoms with Gasteiger partial charge in [0.15, 0.2) is 0 Å². The van der Waals surface area contributed by atoms with E-state index in [4.69, 9.17) is 0 Å². The number of imidazole rings is 1. The molecule has 0 aliphatic heterocycles. The van der Waals surface area contributed by atoms with E-state index in [9.17, 15) is 0 Å². The quantitative estimate of drug-likeness (QED) is 0.722. The van der Waals surface area contributed by atoms with Crippen LogP contribution in [0.3, 0.4) is 0 Å². The Morgan fingerprint density at radius 3 is 2.85 bits per heavy atom. The molecule has 70 valence electrons. The van der Waals surface area contributed by atoms with Gasteiger partial charge in [0.1, 0.15) is 0 Å². The summed E-state index contributed by atoms with van der Waals surface area (Å²) in [5.74, 6) is 0. The maximum atomic E-state index is 4.30. The van der Waals surface area contributed by atoms with Crippen LogP contribution in [-0.2, 0) is 6.54 Å². The van der Waals surface area contributed by atoms with Gasteiger partial charge in [0.05, 0.1) is 17.4 Å². The Morgan fingerprint density at radius 2 is 2.08 bits per heavy atom. The van der Waals surface area contributed by atoms with Crippen LogP contribution >= 0.6 is 12.4 Å². The number of para-hydroxylation sites is 2. The van der Waals surface area contributed by atoms with Crippen LogP contribution in [0.2, 0.25) is 0 Å². The van der Waals surface area contributed by atoms with E-state index < -0.39 is 0 Å². The number of hydrogen-bond donors (Lipinski definition) is 0. The summed E-state index contributed by atoms with van der Waals surface area (Å²) in [5.41, 5.74) is 2.32. The van der Waals surface area contributed by atoms with E-state index in [1.165, 1.54) is 5.52 Å². The van der Waals surface area contributed by atoms with Gasteiger partial charge in [-0.2, -0.15) is 0 Å². The van der Waals surface area contributed by atoms with Crippen molar-refractivity contribution in [1.82, 2.24) is 9.55 Å². The van der Waals surface area contributed by atoms with E-state index in [1.807, 2.05) is 18.5 Å². The molecule has 2 aromatic rings. The first-order valence-electron chi connectivity index (χ1n) is 4.31. The van der Waals surface area contributed by atoms with E-state index >= 15 is 0 Å². The number of nitrogens with zero attached hydrogens (tertiary/aromatic N) is 2. The van der Waals surface area contributed by atoms with Crippen molar-refractivity contribution in [3.8, 4) is 0 Å². The van der Waals surface area contributed by atoms with Crippen LogP contribution in [0, 0.1) is 0 Å². The SMILES string of the molecule is CCCn1cnc2ccccc21.Cl. The maximum absolute atomic E-state index is 4.30.